The molecule has 0 aliphatic carbocycles. The first-order chi connectivity index (χ1) is 7.24. The number of fused-ring (bicyclic) bond motifs is 1. The smallest absolute Gasteiger partial charge is 0.337 e. The van der Waals surface area contributed by atoms with E-state index in [1.807, 2.05) is 18.4 Å². The van der Waals surface area contributed by atoms with E-state index in [2.05, 4.69) is 4.74 Å². The number of ether oxygens (including phenoxy) is 1. The standard InChI is InChI=1S/C11H10O3S/c1-13-11(12)8-4-3-7-6-10(15-2)14-9(7)5-8/h3-6H,1-2H3. The molecule has 0 unspecified atom stereocenters. The van der Waals surface area contributed by atoms with Crippen molar-refractivity contribution in [3.8, 4) is 0 Å². The van der Waals surface area contributed by atoms with Gasteiger partial charge in [-0.2, -0.15) is 0 Å². The number of hydrogen-bond donors (Lipinski definition) is 0. The molecule has 1 heterocycles. The summed E-state index contributed by atoms with van der Waals surface area (Å²) in [5.41, 5.74) is 1.22. The summed E-state index contributed by atoms with van der Waals surface area (Å²) in [4.78, 5) is 11.3. The summed E-state index contributed by atoms with van der Waals surface area (Å²) in [7, 11) is 1.36. The molecule has 0 atom stereocenters. The van der Waals surface area contributed by atoms with Crippen LogP contribution in [0.3, 0.4) is 0 Å². The van der Waals surface area contributed by atoms with Crippen molar-refractivity contribution < 1.29 is 13.9 Å². The fraction of sp³-hybridized carbons (Fsp3) is 0.182. The summed E-state index contributed by atoms with van der Waals surface area (Å²) < 4.78 is 10.1. The van der Waals surface area contributed by atoms with Crippen LogP contribution in [0.4, 0.5) is 0 Å². The van der Waals surface area contributed by atoms with Crippen LogP contribution in [-0.2, 0) is 4.74 Å². The molecule has 2 rings (SSSR count). The van der Waals surface area contributed by atoms with Crippen LogP contribution in [0.1, 0.15) is 10.4 Å². The Balaban J connectivity index is 2.50. The third-order valence-electron chi connectivity index (χ3n) is 2.12. The monoisotopic (exact) mass is 222 g/mol. The van der Waals surface area contributed by atoms with Crippen molar-refractivity contribution in [3.05, 3.63) is 29.8 Å². The fourth-order valence-electron chi connectivity index (χ4n) is 1.35. The van der Waals surface area contributed by atoms with E-state index in [0.717, 1.165) is 10.5 Å². The summed E-state index contributed by atoms with van der Waals surface area (Å²) in [6, 6.07) is 7.22. The fourth-order valence-corrected chi connectivity index (χ4v) is 1.77. The highest BCUT2D eigenvalue weighted by atomic mass is 32.2. The molecule has 1 aromatic carbocycles. The predicted octanol–water partition coefficient (Wildman–Crippen LogP) is 2.94. The minimum Gasteiger partial charge on any atom is -0.465 e. The molecule has 78 valence electrons. The van der Waals surface area contributed by atoms with Crippen molar-refractivity contribution >= 4 is 28.7 Å². The lowest BCUT2D eigenvalue weighted by molar-refractivity contribution is 0.0601. The van der Waals surface area contributed by atoms with Gasteiger partial charge < -0.3 is 9.15 Å². The summed E-state index contributed by atoms with van der Waals surface area (Å²) in [5.74, 6) is -0.348. The van der Waals surface area contributed by atoms with Crippen molar-refractivity contribution in [2.75, 3.05) is 13.4 Å². The highest BCUT2D eigenvalue weighted by molar-refractivity contribution is 7.98. The van der Waals surface area contributed by atoms with Crippen LogP contribution in [0, 0.1) is 0 Å². The molecule has 0 saturated heterocycles. The number of furan rings is 1. The van der Waals surface area contributed by atoms with E-state index in [1.54, 1.807) is 12.1 Å². The first-order valence-electron chi connectivity index (χ1n) is 4.40. The summed E-state index contributed by atoms with van der Waals surface area (Å²) in [6.07, 6.45) is 1.94. The van der Waals surface area contributed by atoms with E-state index < -0.39 is 0 Å². The lowest BCUT2D eigenvalue weighted by atomic mass is 10.2. The van der Waals surface area contributed by atoms with Crippen LogP contribution in [0.5, 0.6) is 0 Å². The van der Waals surface area contributed by atoms with Crippen molar-refractivity contribution in [2.45, 2.75) is 5.09 Å². The number of benzene rings is 1. The highest BCUT2D eigenvalue weighted by Crippen LogP contribution is 2.26. The van der Waals surface area contributed by atoms with E-state index in [0.29, 0.717) is 11.1 Å². The molecule has 0 radical (unpaired) electrons. The van der Waals surface area contributed by atoms with E-state index in [-0.39, 0.29) is 5.97 Å². The Morgan fingerprint density at radius 3 is 2.87 bits per heavy atom. The van der Waals surface area contributed by atoms with Crippen LogP contribution in [0.15, 0.2) is 33.8 Å². The SMILES string of the molecule is COC(=O)c1ccc2cc(SC)oc2c1. The maximum atomic E-state index is 11.3. The minimum absolute atomic E-state index is 0.348. The third kappa shape index (κ3) is 1.85. The van der Waals surface area contributed by atoms with Gasteiger partial charge in [-0.25, -0.2) is 4.79 Å². The summed E-state index contributed by atoms with van der Waals surface area (Å²) in [5, 5.41) is 1.83. The highest BCUT2D eigenvalue weighted by Gasteiger charge is 2.08. The summed E-state index contributed by atoms with van der Waals surface area (Å²) >= 11 is 1.53. The van der Waals surface area contributed by atoms with E-state index >= 15 is 0 Å². The van der Waals surface area contributed by atoms with E-state index in [1.165, 1.54) is 18.9 Å². The normalized spacial score (nSPS) is 10.5. The number of hydrogen-bond acceptors (Lipinski definition) is 4. The second kappa shape index (κ2) is 3.98. The molecule has 0 fully saturated rings. The Kier molecular flexibility index (Phi) is 2.68. The van der Waals surface area contributed by atoms with Gasteiger partial charge in [0.15, 0.2) is 5.09 Å². The Morgan fingerprint density at radius 2 is 2.20 bits per heavy atom. The molecule has 0 aliphatic rings. The van der Waals surface area contributed by atoms with Crippen LogP contribution >= 0.6 is 11.8 Å². The molecular formula is C11H10O3S. The Labute approximate surface area is 91.4 Å². The van der Waals surface area contributed by atoms with Gasteiger partial charge in [-0.15, -0.1) is 0 Å². The van der Waals surface area contributed by atoms with Gasteiger partial charge in [0.2, 0.25) is 0 Å². The maximum Gasteiger partial charge on any atom is 0.337 e. The first-order valence-corrected chi connectivity index (χ1v) is 5.63. The molecule has 0 amide bonds. The lowest BCUT2D eigenvalue weighted by Gasteiger charge is -1.97. The number of carbonyl (C=O) groups is 1. The second-order valence-electron chi connectivity index (χ2n) is 3.01. The van der Waals surface area contributed by atoms with E-state index in [9.17, 15) is 4.79 Å². The number of thioether (sulfide) groups is 1. The van der Waals surface area contributed by atoms with Crippen molar-refractivity contribution in [2.24, 2.45) is 0 Å². The zero-order valence-corrected chi connectivity index (χ0v) is 9.26. The van der Waals surface area contributed by atoms with Crippen molar-refractivity contribution in [1.82, 2.24) is 0 Å². The van der Waals surface area contributed by atoms with Crippen LogP contribution in [-0.4, -0.2) is 19.3 Å². The van der Waals surface area contributed by atoms with Crippen LogP contribution in [0.25, 0.3) is 11.0 Å². The quantitative estimate of drug-likeness (QED) is 0.578. The van der Waals surface area contributed by atoms with Crippen LogP contribution in [0.2, 0.25) is 0 Å². The predicted molar refractivity (Wildman–Crippen MR) is 59.3 cm³/mol. The first kappa shape index (κ1) is 10.1. The zero-order chi connectivity index (χ0) is 10.8. The Hall–Kier alpha value is -1.42. The Bertz CT molecular complexity index is 502. The average molecular weight is 222 g/mol. The number of carbonyl (C=O) groups excluding carboxylic acids is 1. The topological polar surface area (TPSA) is 39.4 Å². The van der Waals surface area contributed by atoms with Gasteiger partial charge >= 0.3 is 5.97 Å². The molecular weight excluding hydrogens is 212 g/mol. The third-order valence-corrected chi connectivity index (χ3v) is 2.72. The second-order valence-corrected chi connectivity index (χ2v) is 3.82. The molecule has 0 saturated carbocycles. The zero-order valence-electron chi connectivity index (χ0n) is 8.44. The number of esters is 1. The maximum absolute atomic E-state index is 11.3. The minimum atomic E-state index is -0.348. The summed E-state index contributed by atoms with van der Waals surface area (Å²) in [6.45, 7) is 0. The van der Waals surface area contributed by atoms with Gasteiger partial charge in [-0.05, 0) is 24.5 Å². The van der Waals surface area contributed by atoms with Gasteiger partial charge in [-0.1, -0.05) is 17.8 Å². The molecule has 4 heteroatoms. The molecule has 1 aromatic heterocycles. The molecule has 2 aromatic rings. The van der Waals surface area contributed by atoms with Crippen molar-refractivity contribution in [3.63, 3.8) is 0 Å². The van der Waals surface area contributed by atoms with Crippen LogP contribution < -0.4 is 0 Å². The average Bonchev–Trinajstić information content (AvgIpc) is 2.69. The van der Waals surface area contributed by atoms with E-state index in [4.69, 9.17) is 4.42 Å². The largest absolute Gasteiger partial charge is 0.465 e. The molecule has 3 nitrogen and oxygen atoms in total. The molecule has 0 N–H and O–H groups in total. The Morgan fingerprint density at radius 1 is 1.40 bits per heavy atom. The van der Waals surface area contributed by atoms with Gasteiger partial charge in [-0.3, -0.25) is 0 Å². The molecule has 0 bridgehead atoms. The lowest BCUT2D eigenvalue weighted by Crippen LogP contribution is -1.99. The molecule has 0 spiro atoms. The molecule has 0 aliphatic heterocycles. The van der Waals surface area contributed by atoms with Crippen molar-refractivity contribution in [1.29, 1.82) is 0 Å². The van der Waals surface area contributed by atoms with Gasteiger partial charge in [0.25, 0.3) is 0 Å². The van der Waals surface area contributed by atoms with Gasteiger partial charge in [0.05, 0.1) is 12.7 Å². The molecule has 15 heavy (non-hydrogen) atoms. The number of methoxy groups -OCH3 is 1. The van der Waals surface area contributed by atoms with Gasteiger partial charge in [0, 0.05) is 5.39 Å². The number of rotatable bonds is 2. The van der Waals surface area contributed by atoms with Gasteiger partial charge in [0.1, 0.15) is 5.58 Å².